The van der Waals surface area contributed by atoms with Gasteiger partial charge in [-0.2, -0.15) is 0 Å². The van der Waals surface area contributed by atoms with Crippen LogP contribution in [0.3, 0.4) is 0 Å². The number of rotatable bonds is 2. The molecule has 2 fully saturated rings. The summed E-state index contributed by atoms with van der Waals surface area (Å²) < 4.78 is 17.1. The SMILES string of the molecule is O=C1C=C([C@H]2Oc3cc(O)cc(O)c3C[C@H]2O)[C@H]2[C@]3(O)O[C@]4(O)[C@H](C([C@H]5Oc6cc(O)cc(O)c6C[C@H]5O)=CC(=O)[C@]24O)[C@@]13O. The maximum absolute atomic E-state index is 13.9. The third-order valence-electron chi connectivity index (χ3n) is 10.1. The highest BCUT2D eigenvalue weighted by molar-refractivity contribution is 6.08. The lowest BCUT2D eigenvalue weighted by molar-refractivity contribution is -0.287. The first-order valence-electron chi connectivity index (χ1n) is 14.0. The van der Waals surface area contributed by atoms with Gasteiger partial charge in [0, 0.05) is 48.2 Å². The quantitative estimate of drug-likeness (QED) is 0.168. The predicted octanol–water partition coefficient (Wildman–Crippen LogP) is -2.33. The maximum atomic E-state index is 13.9. The number of hydrogen-bond acceptors (Lipinski definition) is 15. The molecule has 0 saturated carbocycles. The summed E-state index contributed by atoms with van der Waals surface area (Å²) in [5, 5.41) is 110. The first kappa shape index (κ1) is 28.3. The molecule has 2 aromatic carbocycles. The van der Waals surface area contributed by atoms with Crippen LogP contribution in [0.1, 0.15) is 11.1 Å². The summed E-state index contributed by atoms with van der Waals surface area (Å²) in [7, 11) is 0. The lowest BCUT2D eigenvalue weighted by atomic mass is 9.48. The molecule has 2 bridgehead atoms. The van der Waals surface area contributed by atoms with E-state index >= 15 is 0 Å². The van der Waals surface area contributed by atoms with E-state index in [9.17, 15) is 60.7 Å². The zero-order chi connectivity index (χ0) is 32.2. The molecule has 0 unspecified atom stereocenters. The Morgan fingerprint density at radius 1 is 0.622 bits per heavy atom. The normalized spacial score (nSPS) is 42.3. The summed E-state index contributed by atoms with van der Waals surface area (Å²) in [4.78, 5) is 27.7. The molecular weight excluding hydrogens is 600 g/mol. The van der Waals surface area contributed by atoms with Crippen LogP contribution in [-0.2, 0) is 27.2 Å². The Hall–Kier alpha value is -4.22. The van der Waals surface area contributed by atoms with E-state index in [1.807, 2.05) is 0 Å². The number of phenols is 4. The molecule has 15 nitrogen and oxygen atoms in total. The summed E-state index contributed by atoms with van der Waals surface area (Å²) in [6.45, 7) is 0. The lowest BCUT2D eigenvalue weighted by Gasteiger charge is -2.57. The molecule has 4 heterocycles. The molecule has 0 aromatic heterocycles. The van der Waals surface area contributed by atoms with Gasteiger partial charge in [-0.05, 0) is 23.3 Å². The van der Waals surface area contributed by atoms with Gasteiger partial charge in [-0.25, -0.2) is 0 Å². The first-order valence-corrected chi connectivity index (χ1v) is 14.0. The Bertz CT molecular complexity index is 1690. The Balaban J connectivity index is 1.26. The van der Waals surface area contributed by atoms with E-state index in [0.717, 1.165) is 36.4 Å². The van der Waals surface area contributed by atoms with Crippen molar-refractivity contribution in [2.24, 2.45) is 11.8 Å². The van der Waals surface area contributed by atoms with Crippen molar-refractivity contribution in [2.75, 3.05) is 0 Å². The van der Waals surface area contributed by atoms with Crippen molar-refractivity contribution < 1.29 is 74.9 Å². The zero-order valence-electron chi connectivity index (χ0n) is 22.9. The predicted molar refractivity (Wildman–Crippen MR) is 142 cm³/mol. The molecule has 2 aromatic rings. The number of phenolic OH excluding ortho intramolecular Hbond substituents is 4. The third kappa shape index (κ3) is 3.08. The molecule has 0 radical (unpaired) electrons. The van der Waals surface area contributed by atoms with Gasteiger partial charge in [0.2, 0.25) is 11.6 Å². The molecular formula is C30H26O15. The fraction of sp³-hybridized carbons (Fsp3) is 0.400. The van der Waals surface area contributed by atoms with Gasteiger partial charge < -0.3 is 65.3 Å². The van der Waals surface area contributed by atoms with Gasteiger partial charge in [0.05, 0.1) is 24.0 Å². The molecule has 4 aliphatic heterocycles. The zero-order valence-corrected chi connectivity index (χ0v) is 22.9. The number of carbonyl (C=O) groups is 2. The minimum absolute atomic E-state index is 0.103. The van der Waals surface area contributed by atoms with Crippen LogP contribution in [-0.4, -0.2) is 110 Å². The number of fused-ring (bicyclic) bond motifs is 4. The Labute approximate surface area is 251 Å². The van der Waals surface area contributed by atoms with Gasteiger partial charge >= 0.3 is 0 Å². The molecule has 236 valence electrons. The van der Waals surface area contributed by atoms with Crippen molar-refractivity contribution in [1.82, 2.24) is 0 Å². The van der Waals surface area contributed by atoms with Crippen LogP contribution in [0.25, 0.3) is 0 Å². The van der Waals surface area contributed by atoms with E-state index in [1.54, 1.807) is 0 Å². The molecule has 8 rings (SSSR count). The van der Waals surface area contributed by atoms with E-state index in [-0.39, 0.29) is 35.5 Å². The van der Waals surface area contributed by atoms with Crippen LogP contribution in [0.4, 0.5) is 0 Å². The van der Waals surface area contributed by atoms with E-state index in [2.05, 4.69) is 0 Å². The van der Waals surface area contributed by atoms with Crippen molar-refractivity contribution in [1.29, 1.82) is 0 Å². The number of hydrogen-bond donors (Lipinski definition) is 10. The highest BCUT2D eigenvalue weighted by Gasteiger charge is 2.94. The number of aromatic hydroxyl groups is 4. The van der Waals surface area contributed by atoms with Crippen LogP contribution in [0.2, 0.25) is 0 Å². The topological polar surface area (TPSA) is 264 Å². The summed E-state index contributed by atoms with van der Waals surface area (Å²) in [6.07, 6.45) is -5.36. The smallest absolute Gasteiger partial charge is 0.216 e. The standard InChI is InChI=1S/C30H26O15/c31-9-1-15(33)11-5-17(35)23(43-19(11)3-9)13-7-21(37)28(40)26-14(8-22(38)27(39)25(13)29(28,41)45-30(26,27)42)24-18(36)6-12-16(34)2-10(32)4-20(12)44-24/h1-4,7-8,17-18,23-26,31-36,39-42H,5-6H2/t17-,18-,23-,24-,25-,26-,27+,28+,29-,30+/m1/s1. The molecule has 45 heavy (non-hydrogen) atoms. The fourth-order valence-corrected chi connectivity index (χ4v) is 8.18. The van der Waals surface area contributed by atoms with Crippen molar-refractivity contribution in [3.63, 3.8) is 0 Å². The highest BCUT2D eigenvalue weighted by atomic mass is 16.8. The molecule has 2 saturated heterocycles. The molecule has 6 aliphatic rings. The molecule has 2 aliphatic carbocycles. The van der Waals surface area contributed by atoms with Crippen molar-refractivity contribution in [3.05, 3.63) is 58.7 Å². The van der Waals surface area contributed by atoms with Crippen LogP contribution < -0.4 is 9.47 Å². The van der Waals surface area contributed by atoms with Crippen LogP contribution in [0.5, 0.6) is 34.5 Å². The molecule has 15 heteroatoms. The molecule has 10 atom stereocenters. The van der Waals surface area contributed by atoms with Gasteiger partial charge in [-0.3, -0.25) is 9.59 Å². The molecule has 10 N–H and O–H groups in total. The number of ether oxygens (including phenoxy) is 3. The minimum Gasteiger partial charge on any atom is -0.508 e. The second-order valence-corrected chi connectivity index (χ2v) is 12.4. The van der Waals surface area contributed by atoms with Crippen LogP contribution in [0, 0.1) is 11.8 Å². The minimum atomic E-state index is -3.18. The van der Waals surface area contributed by atoms with Gasteiger partial charge in [0.15, 0.2) is 22.8 Å². The highest BCUT2D eigenvalue weighted by Crippen LogP contribution is 2.72. The number of aliphatic hydroxyl groups is 6. The lowest BCUT2D eigenvalue weighted by Crippen LogP contribution is -2.80. The van der Waals surface area contributed by atoms with E-state index in [4.69, 9.17) is 14.2 Å². The first-order chi connectivity index (χ1) is 21.1. The van der Waals surface area contributed by atoms with E-state index in [0.29, 0.717) is 0 Å². The number of benzene rings is 2. The number of aliphatic hydroxyl groups excluding tert-OH is 2. The summed E-state index contributed by atoms with van der Waals surface area (Å²) >= 11 is 0. The number of carbonyl (C=O) groups excluding carboxylic acids is 2. The average Bonchev–Trinajstić information content (AvgIpc) is 3.28. The maximum Gasteiger partial charge on any atom is 0.216 e. The van der Waals surface area contributed by atoms with Crippen molar-refractivity contribution >= 4 is 11.6 Å². The summed E-state index contributed by atoms with van der Waals surface area (Å²) in [5.41, 5.74) is -6.77. The Morgan fingerprint density at radius 3 is 1.38 bits per heavy atom. The Kier molecular flexibility index (Phi) is 5.23. The van der Waals surface area contributed by atoms with Crippen LogP contribution >= 0.6 is 0 Å². The second kappa shape index (κ2) is 8.32. The van der Waals surface area contributed by atoms with Crippen molar-refractivity contribution in [2.45, 2.75) is 60.0 Å². The molecule has 0 amide bonds. The largest absolute Gasteiger partial charge is 0.508 e. The second-order valence-electron chi connectivity index (χ2n) is 12.4. The van der Waals surface area contributed by atoms with Gasteiger partial charge in [-0.1, -0.05) is 0 Å². The average molecular weight is 627 g/mol. The third-order valence-corrected chi connectivity index (χ3v) is 10.1. The number of ketones is 2. The summed E-state index contributed by atoms with van der Waals surface area (Å²) in [5.74, 6) is -14.9. The van der Waals surface area contributed by atoms with E-state index in [1.165, 1.54) is 0 Å². The monoisotopic (exact) mass is 626 g/mol. The van der Waals surface area contributed by atoms with Crippen molar-refractivity contribution in [3.8, 4) is 34.5 Å². The van der Waals surface area contributed by atoms with Crippen LogP contribution in [0.15, 0.2) is 47.6 Å². The van der Waals surface area contributed by atoms with Gasteiger partial charge in [-0.15, -0.1) is 0 Å². The van der Waals surface area contributed by atoms with E-state index < -0.39 is 105 Å². The van der Waals surface area contributed by atoms with Gasteiger partial charge in [0.1, 0.15) is 46.7 Å². The fourth-order valence-electron chi connectivity index (χ4n) is 8.18. The Morgan fingerprint density at radius 2 is 1.00 bits per heavy atom. The summed E-state index contributed by atoms with van der Waals surface area (Å²) in [6, 6.07) is 4.28. The molecule has 0 spiro atoms. The van der Waals surface area contributed by atoms with Gasteiger partial charge in [0.25, 0.3) is 0 Å².